The third-order valence-corrected chi connectivity index (χ3v) is 5.16. The number of hydrogen-bond acceptors (Lipinski definition) is 4. The molecule has 0 aliphatic carbocycles. The van der Waals surface area contributed by atoms with E-state index in [0.29, 0.717) is 12.2 Å². The van der Waals surface area contributed by atoms with Crippen LogP contribution in [0, 0.1) is 0 Å². The minimum atomic E-state index is -0.251. The van der Waals surface area contributed by atoms with E-state index < -0.39 is 0 Å². The lowest BCUT2D eigenvalue weighted by Crippen LogP contribution is -2.28. The van der Waals surface area contributed by atoms with Crippen molar-refractivity contribution in [3.63, 3.8) is 0 Å². The molecular weight excluding hydrogens is 402 g/mol. The molecule has 158 valence electrons. The summed E-state index contributed by atoms with van der Waals surface area (Å²) in [7, 11) is 1.89. The van der Waals surface area contributed by atoms with E-state index in [1.165, 1.54) is 0 Å². The van der Waals surface area contributed by atoms with Crippen LogP contribution in [-0.4, -0.2) is 30.4 Å². The molecule has 5 rings (SSSR count). The Labute approximate surface area is 184 Å². The van der Waals surface area contributed by atoms with Crippen LogP contribution in [0.25, 0.3) is 27.9 Å². The van der Waals surface area contributed by atoms with Crippen LogP contribution in [0.2, 0.25) is 0 Å². The van der Waals surface area contributed by atoms with Crippen molar-refractivity contribution in [3.05, 3.63) is 91.1 Å². The summed E-state index contributed by atoms with van der Waals surface area (Å²) >= 11 is 0. The molecule has 0 unspecified atom stereocenters. The van der Waals surface area contributed by atoms with Gasteiger partial charge in [-0.15, -0.1) is 0 Å². The van der Waals surface area contributed by atoms with E-state index >= 15 is 0 Å². The van der Waals surface area contributed by atoms with Crippen molar-refractivity contribution in [1.82, 2.24) is 29.7 Å². The summed E-state index contributed by atoms with van der Waals surface area (Å²) in [6, 6.07) is 19.2. The van der Waals surface area contributed by atoms with Crippen LogP contribution in [0.1, 0.15) is 5.56 Å². The van der Waals surface area contributed by atoms with Crippen molar-refractivity contribution in [2.24, 2.45) is 7.05 Å². The van der Waals surface area contributed by atoms with E-state index in [-0.39, 0.29) is 6.03 Å². The third kappa shape index (κ3) is 4.06. The minimum Gasteiger partial charge on any atom is -0.334 e. The Kier molecular flexibility index (Phi) is 5.09. The highest BCUT2D eigenvalue weighted by atomic mass is 16.2. The predicted octanol–water partition coefficient (Wildman–Crippen LogP) is 4.12. The standard InChI is InChI=1S/C24H21N7O/c1-30-14-20(13-27-30)19-11-22-23(26-16-28-31(22)15-19)18-7-9-21(10-8-18)29-24(32)25-12-17-5-3-2-4-6-17/h2-11,13-16H,12H2,1H3,(H2,25,29,32). The first-order valence-electron chi connectivity index (χ1n) is 10.2. The molecule has 0 saturated heterocycles. The van der Waals surface area contributed by atoms with Crippen LogP contribution in [0.4, 0.5) is 10.5 Å². The molecule has 2 N–H and O–H groups in total. The second kappa shape index (κ2) is 8.35. The van der Waals surface area contributed by atoms with Crippen LogP contribution < -0.4 is 10.6 Å². The zero-order chi connectivity index (χ0) is 21.9. The number of benzene rings is 2. The summed E-state index contributed by atoms with van der Waals surface area (Å²) in [5.74, 6) is 0. The Bertz CT molecular complexity index is 1370. The Hall–Kier alpha value is -4.46. The smallest absolute Gasteiger partial charge is 0.319 e. The van der Waals surface area contributed by atoms with Gasteiger partial charge in [0.1, 0.15) is 6.33 Å². The number of urea groups is 1. The molecule has 0 aliphatic rings. The summed E-state index contributed by atoms with van der Waals surface area (Å²) in [5.41, 5.74) is 6.43. The lowest BCUT2D eigenvalue weighted by Gasteiger charge is -2.09. The number of rotatable bonds is 5. The quantitative estimate of drug-likeness (QED) is 0.445. The van der Waals surface area contributed by atoms with E-state index in [1.807, 2.05) is 84.8 Å². The second-order valence-corrected chi connectivity index (χ2v) is 7.44. The number of carbonyl (C=O) groups excluding carboxylic acids is 1. The van der Waals surface area contributed by atoms with Crippen molar-refractivity contribution < 1.29 is 4.79 Å². The zero-order valence-electron chi connectivity index (χ0n) is 17.4. The summed E-state index contributed by atoms with van der Waals surface area (Å²) in [6.45, 7) is 0.469. The molecule has 0 bridgehead atoms. The molecule has 2 amide bonds. The van der Waals surface area contributed by atoms with Gasteiger partial charge in [0.15, 0.2) is 0 Å². The first-order chi connectivity index (χ1) is 15.7. The third-order valence-electron chi connectivity index (χ3n) is 5.16. The molecule has 0 radical (unpaired) electrons. The second-order valence-electron chi connectivity index (χ2n) is 7.44. The van der Waals surface area contributed by atoms with Gasteiger partial charge in [-0.05, 0) is 23.8 Å². The van der Waals surface area contributed by atoms with Crippen molar-refractivity contribution in [2.45, 2.75) is 6.54 Å². The Morgan fingerprint density at radius 3 is 2.50 bits per heavy atom. The number of hydrogen-bond donors (Lipinski definition) is 2. The summed E-state index contributed by atoms with van der Waals surface area (Å²) in [4.78, 5) is 16.7. The maximum atomic E-state index is 12.2. The van der Waals surface area contributed by atoms with E-state index in [1.54, 1.807) is 11.0 Å². The molecule has 8 nitrogen and oxygen atoms in total. The fraction of sp³-hybridized carbons (Fsp3) is 0.0833. The van der Waals surface area contributed by atoms with Crippen molar-refractivity contribution in [1.29, 1.82) is 0 Å². The average molecular weight is 423 g/mol. The molecule has 3 aromatic heterocycles. The molecule has 3 heterocycles. The Morgan fingerprint density at radius 1 is 0.938 bits per heavy atom. The molecule has 0 atom stereocenters. The van der Waals surface area contributed by atoms with Crippen molar-refractivity contribution >= 4 is 17.2 Å². The van der Waals surface area contributed by atoms with Crippen LogP contribution in [-0.2, 0) is 13.6 Å². The molecule has 0 saturated carbocycles. The zero-order valence-corrected chi connectivity index (χ0v) is 17.4. The molecular formula is C24H21N7O. The molecule has 0 aliphatic heterocycles. The topological polar surface area (TPSA) is 89.1 Å². The predicted molar refractivity (Wildman–Crippen MR) is 123 cm³/mol. The minimum absolute atomic E-state index is 0.251. The summed E-state index contributed by atoms with van der Waals surface area (Å²) < 4.78 is 3.58. The summed E-state index contributed by atoms with van der Waals surface area (Å²) in [6.07, 6.45) is 7.29. The van der Waals surface area contributed by atoms with Gasteiger partial charge in [0.05, 0.1) is 17.4 Å². The first kappa shape index (κ1) is 19.5. The number of carbonyl (C=O) groups is 1. The highest BCUT2D eigenvalue weighted by Crippen LogP contribution is 2.28. The fourth-order valence-corrected chi connectivity index (χ4v) is 3.55. The van der Waals surface area contributed by atoms with Crippen LogP contribution in [0.15, 0.2) is 85.6 Å². The lowest BCUT2D eigenvalue weighted by atomic mass is 10.1. The van der Waals surface area contributed by atoms with Crippen LogP contribution >= 0.6 is 0 Å². The van der Waals surface area contributed by atoms with Gasteiger partial charge in [-0.25, -0.2) is 14.3 Å². The lowest BCUT2D eigenvalue weighted by molar-refractivity contribution is 0.251. The Balaban J connectivity index is 1.32. The monoisotopic (exact) mass is 423 g/mol. The van der Waals surface area contributed by atoms with E-state index in [9.17, 15) is 4.79 Å². The molecule has 0 spiro atoms. The van der Waals surface area contributed by atoms with Gasteiger partial charge in [0.25, 0.3) is 0 Å². The van der Waals surface area contributed by atoms with Crippen molar-refractivity contribution in [2.75, 3.05) is 5.32 Å². The van der Waals surface area contributed by atoms with E-state index in [0.717, 1.165) is 33.5 Å². The van der Waals surface area contributed by atoms with Gasteiger partial charge in [0, 0.05) is 48.4 Å². The number of amides is 2. The van der Waals surface area contributed by atoms with Crippen LogP contribution in [0.5, 0.6) is 0 Å². The number of nitrogens with zero attached hydrogens (tertiary/aromatic N) is 5. The van der Waals surface area contributed by atoms with Gasteiger partial charge in [-0.2, -0.15) is 10.2 Å². The Morgan fingerprint density at radius 2 is 1.75 bits per heavy atom. The number of aromatic nitrogens is 5. The average Bonchev–Trinajstić information content (AvgIpc) is 3.45. The van der Waals surface area contributed by atoms with E-state index in [2.05, 4.69) is 31.9 Å². The van der Waals surface area contributed by atoms with Gasteiger partial charge in [-0.1, -0.05) is 42.5 Å². The number of anilines is 1. The van der Waals surface area contributed by atoms with Gasteiger partial charge >= 0.3 is 6.03 Å². The normalized spacial score (nSPS) is 10.9. The molecule has 32 heavy (non-hydrogen) atoms. The maximum absolute atomic E-state index is 12.2. The van der Waals surface area contributed by atoms with Crippen LogP contribution in [0.3, 0.4) is 0 Å². The molecule has 5 aromatic rings. The number of aryl methyl sites for hydroxylation is 1. The van der Waals surface area contributed by atoms with Gasteiger partial charge in [-0.3, -0.25) is 4.68 Å². The van der Waals surface area contributed by atoms with Gasteiger partial charge in [0.2, 0.25) is 0 Å². The number of nitrogens with one attached hydrogen (secondary N) is 2. The summed E-state index contributed by atoms with van der Waals surface area (Å²) in [5, 5.41) is 14.3. The maximum Gasteiger partial charge on any atom is 0.319 e. The first-order valence-corrected chi connectivity index (χ1v) is 10.2. The highest BCUT2D eigenvalue weighted by Gasteiger charge is 2.11. The van der Waals surface area contributed by atoms with Gasteiger partial charge < -0.3 is 10.6 Å². The number of fused-ring (bicyclic) bond motifs is 1. The van der Waals surface area contributed by atoms with Crippen molar-refractivity contribution in [3.8, 4) is 22.4 Å². The van der Waals surface area contributed by atoms with E-state index in [4.69, 9.17) is 0 Å². The SMILES string of the molecule is Cn1cc(-c2cc3c(-c4ccc(NC(=O)NCc5ccccc5)cc4)ncnn3c2)cn1. The molecule has 2 aromatic carbocycles. The molecule has 0 fully saturated rings. The largest absolute Gasteiger partial charge is 0.334 e. The molecule has 8 heteroatoms. The fourth-order valence-electron chi connectivity index (χ4n) is 3.55. The highest BCUT2D eigenvalue weighted by molar-refractivity contribution is 5.90.